The topological polar surface area (TPSA) is 36.9 Å². The normalized spacial score (nSPS) is 10.9. The van der Waals surface area contributed by atoms with Crippen LogP contribution >= 0.6 is 11.3 Å². The third-order valence-corrected chi connectivity index (χ3v) is 5.33. The second kappa shape index (κ2) is 9.33. The van der Waals surface area contributed by atoms with Crippen molar-refractivity contribution in [2.24, 2.45) is 0 Å². The number of allylic oxidation sites excluding steroid dienone is 1. The fourth-order valence-corrected chi connectivity index (χ4v) is 3.76. The lowest BCUT2D eigenvalue weighted by Crippen LogP contribution is -1.96. The highest BCUT2D eigenvalue weighted by atomic mass is 32.1. The fourth-order valence-electron chi connectivity index (χ4n) is 3.04. The summed E-state index contributed by atoms with van der Waals surface area (Å²) in [4.78, 5) is 1.24. The Morgan fingerprint density at radius 3 is 2.11 bits per heavy atom. The first kappa shape index (κ1) is 19.8. The lowest BCUT2D eigenvalue weighted by Gasteiger charge is -2.13. The van der Waals surface area contributed by atoms with Crippen molar-refractivity contribution in [1.29, 1.82) is 0 Å². The SMILES string of the molecule is COc1ccc(-c2cccs2)cc1C=CCc1cc(OC)c(OC)c(OC)c1. The number of methoxy groups -OCH3 is 4. The van der Waals surface area contributed by atoms with Crippen LogP contribution in [0.4, 0.5) is 0 Å². The first-order valence-corrected chi connectivity index (χ1v) is 9.75. The molecule has 0 saturated heterocycles. The average Bonchev–Trinajstić information content (AvgIpc) is 3.27. The summed E-state index contributed by atoms with van der Waals surface area (Å²) < 4.78 is 21.8. The van der Waals surface area contributed by atoms with Crippen molar-refractivity contribution < 1.29 is 18.9 Å². The molecule has 3 rings (SSSR count). The average molecular weight is 397 g/mol. The van der Waals surface area contributed by atoms with Gasteiger partial charge in [0.25, 0.3) is 0 Å². The molecule has 0 aliphatic carbocycles. The smallest absolute Gasteiger partial charge is 0.203 e. The van der Waals surface area contributed by atoms with Gasteiger partial charge in [0.05, 0.1) is 28.4 Å². The Hall–Kier alpha value is -2.92. The Kier molecular flexibility index (Phi) is 6.61. The molecule has 28 heavy (non-hydrogen) atoms. The summed E-state index contributed by atoms with van der Waals surface area (Å²) >= 11 is 1.73. The Bertz CT molecular complexity index is 920. The van der Waals surface area contributed by atoms with Crippen LogP contribution in [0.15, 0.2) is 53.9 Å². The van der Waals surface area contributed by atoms with Gasteiger partial charge in [0.1, 0.15) is 5.75 Å². The Balaban J connectivity index is 1.85. The van der Waals surface area contributed by atoms with E-state index in [9.17, 15) is 0 Å². The van der Waals surface area contributed by atoms with Gasteiger partial charge in [-0.15, -0.1) is 11.3 Å². The lowest BCUT2D eigenvalue weighted by atomic mass is 10.1. The van der Waals surface area contributed by atoms with Crippen LogP contribution in [0.3, 0.4) is 0 Å². The quantitative estimate of drug-likeness (QED) is 0.489. The number of benzene rings is 2. The zero-order valence-electron chi connectivity index (χ0n) is 16.5. The standard InChI is InChI=1S/C23H24O4S/c1-24-19-11-10-18(22-9-6-12-28-22)15-17(19)8-5-7-16-13-20(25-2)23(27-4)21(14-16)26-3/h5-6,8-15H,7H2,1-4H3. The predicted molar refractivity (Wildman–Crippen MR) is 115 cm³/mol. The van der Waals surface area contributed by atoms with E-state index in [1.54, 1.807) is 39.8 Å². The van der Waals surface area contributed by atoms with Crippen molar-refractivity contribution in [3.63, 3.8) is 0 Å². The van der Waals surface area contributed by atoms with Crippen molar-refractivity contribution >= 4 is 17.4 Å². The number of hydrogen-bond donors (Lipinski definition) is 0. The van der Waals surface area contributed by atoms with Gasteiger partial charge in [-0.2, -0.15) is 0 Å². The van der Waals surface area contributed by atoms with Gasteiger partial charge in [0.15, 0.2) is 11.5 Å². The summed E-state index contributed by atoms with van der Waals surface area (Å²) in [5.74, 6) is 2.76. The monoisotopic (exact) mass is 396 g/mol. The molecule has 0 N–H and O–H groups in total. The molecule has 1 heterocycles. The summed E-state index contributed by atoms with van der Waals surface area (Å²) in [6.45, 7) is 0. The summed E-state index contributed by atoms with van der Waals surface area (Å²) in [5, 5.41) is 2.08. The molecule has 0 unspecified atom stereocenters. The van der Waals surface area contributed by atoms with Crippen molar-refractivity contribution in [3.05, 3.63) is 65.0 Å². The molecule has 5 heteroatoms. The third kappa shape index (κ3) is 4.31. The van der Waals surface area contributed by atoms with E-state index in [4.69, 9.17) is 18.9 Å². The summed E-state index contributed by atoms with van der Waals surface area (Å²) in [5.41, 5.74) is 3.29. The Labute approximate surface area is 170 Å². The fraction of sp³-hybridized carbons (Fsp3) is 0.217. The number of hydrogen-bond acceptors (Lipinski definition) is 5. The van der Waals surface area contributed by atoms with E-state index < -0.39 is 0 Å². The molecular formula is C23H24O4S. The summed E-state index contributed by atoms with van der Waals surface area (Å²) in [7, 11) is 6.54. The minimum atomic E-state index is 0.600. The second-order valence-corrected chi connectivity index (χ2v) is 7.02. The van der Waals surface area contributed by atoms with Gasteiger partial charge in [-0.05, 0) is 59.3 Å². The van der Waals surface area contributed by atoms with E-state index in [1.165, 1.54) is 10.4 Å². The summed E-state index contributed by atoms with van der Waals surface area (Å²) in [6, 6.07) is 14.3. The number of ether oxygens (including phenoxy) is 4. The second-order valence-electron chi connectivity index (χ2n) is 6.07. The van der Waals surface area contributed by atoms with Crippen LogP contribution in [-0.4, -0.2) is 28.4 Å². The molecule has 146 valence electrons. The highest BCUT2D eigenvalue weighted by Gasteiger charge is 2.12. The molecule has 4 nitrogen and oxygen atoms in total. The molecule has 0 bridgehead atoms. The largest absolute Gasteiger partial charge is 0.496 e. The van der Waals surface area contributed by atoms with Crippen LogP contribution in [0.25, 0.3) is 16.5 Å². The number of rotatable bonds is 8. The number of thiophene rings is 1. The van der Waals surface area contributed by atoms with Gasteiger partial charge in [0, 0.05) is 10.4 Å². The molecule has 3 aromatic rings. The zero-order valence-corrected chi connectivity index (χ0v) is 17.3. The highest BCUT2D eigenvalue weighted by Crippen LogP contribution is 2.38. The molecule has 0 spiro atoms. The maximum Gasteiger partial charge on any atom is 0.203 e. The van der Waals surface area contributed by atoms with Crippen molar-refractivity contribution in [3.8, 4) is 33.4 Å². The molecule has 0 radical (unpaired) electrons. The van der Waals surface area contributed by atoms with Gasteiger partial charge in [-0.1, -0.05) is 18.2 Å². The third-order valence-electron chi connectivity index (χ3n) is 4.41. The first-order chi connectivity index (χ1) is 13.7. The van der Waals surface area contributed by atoms with Crippen LogP contribution < -0.4 is 18.9 Å². The van der Waals surface area contributed by atoms with Crippen LogP contribution in [0.1, 0.15) is 11.1 Å². The maximum atomic E-state index is 5.52. The lowest BCUT2D eigenvalue weighted by molar-refractivity contribution is 0.324. The van der Waals surface area contributed by atoms with Crippen LogP contribution in [-0.2, 0) is 6.42 Å². The van der Waals surface area contributed by atoms with Gasteiger partial charge in [0.2, 0.25) is 5.75 Å². The van der Waals surface area contributed by atoms with Crippen LogP contribution in [0, 0.1) is 0 Å². The van der Waals surface area contributed by atoms with Crippen LogP contribution in [0.2, 0.25) is 0 Å². The molecule has 1 aromatic heterocycles. The van der Waals surface area contributed by atoms with E-state index >= 15 is 0 Å². The predicted octanol–water partition coefficient (Wildman–Crippen LogP) is 5.71. The molecule has 0 fully saturated rings. The molecule has 0 amide bonds. The molecule has 0 aliphatic heterocycles. The maximum absolute atomic E-state index is 5.52. The van der Waals surface area contributed by atoms with Gasteiger partial charge in [-0.3, -0.25) is 0 Å². The van der Waals surface area contributed by atoms with Gasteiger partial charge >= 0.3 is 0 Å². The van der Waals surface area contributed by atoms with Crippen molar-refractivity contribution in [2.75, 3.05) is 28.4 Å². The molecule has 0 aliphatic rings. The van der Waals surface area contributed by atoms with E-state index in [-0.39, 0.29) is 0 Å². The highest BCUT2D eigenvalue weighted by molar-refractivity contribution is 7.13. The zero-order chi connectivity index (χ0) is 19.9. The molecule has 0 saturated carbocycles. The van der Waals surface area contributed by atoms with Crippen molar-refractivity contribution in [2.45, 2.75) is 6.42 Å². The first-order valence-electron chi connectivity index (χ1n) is 8.87. The Morgan fingerprint density at radius 1 is 0.821 bits per heavy atom. The molecule has 0 atom stereocenters. The van der Waals surface area contributed by atoms with Gasteiger partial charge < -0.3 is 18.9 Å². The molecule has 2 aromatic carbocycles. The van der Waals surface area contributed by atoms with Crippen molar-refractivity contribution in [1.82, 2.24) is 0 Å². The molecular weight excluding hydrogens is 372 g/mol. The minimum Gasteiger partial charge on any atom is -0.496 e. The van der Waals surface area contributed by atoms with E-state index in [1.807, 2.05) is 18.2 Å². The van der Waals surface area contributed by atoms with E-state index in [0.29, 0.717) is 17.2 Å². The van der Waals surface area contributed by atoms with Crippen LogP contribution in [0.5, 0.6) is 23.0 Å². The Morgan fingerprint density at radius 2 is 1.54 bits per heavy atom. The minimum absolute atomic E-state index is 0.600. The van der Waals surface area contributed by atoms with Gasteiger partial charge in [-0.25, -0.2) is 0 Å². The van der Waals surface area contributed by atoms with E-state index in [2.05, 4.69) is 41.8 Å². The summed E-state index contributed by atoms with van der Waals surface area (Å²) in [6.07, 6.45) is 4.92. The van der Waals surface area contributed by atoms with E-state index in [0.717, 1.165) is 23.3 Å².